The number of benzene rings is 3. The van der Waals surface area contributed by atoms with Crippen LogP contribution in [0.15, 0.2) is 69.9 Å². The summed E-state index contributed by atoms with van der Waals surface area (Å²) in [6, 6.07) is 17.7. The van der Waals surface area contributed by atoms with Gasteiger partial charge >= 0.3 is 0 Å². The fourth-order valence-electron chi connectivity index (χ4n) is 4.54. The first kappa shape index (κ1) is 23.9. The topological polar surface area (TPSA) is 69.0 Å². The first-order chi connectivity index (χ1) is 17.4. The minimum Gasteiger partial charge on any atom is -0.497 e. The van der Waals surface area contributed by atoms with E-state index in [0.29, 0.717) is 34.7 Å². The van der Waals surface area contributed by atoms with Crippen LogP contribution < -0.4 is 14.9 Å². The van der Waals surface area contributed by atoms with Gasteiger partial charge in [-0.05, 0) is 66.4 Å². The molecule has 1 atom stereocenters. The van der Waals surface area contributed by atoms with E-state index in [1.54, 1.807) is 24.1 Å². The molecule has 0 fully saturated rings. The molecule has 0 aliphatic carbocycles. The molecule has 1 aliphatic heterocycles. The molecule has 0 radical (unpaired) electrons. The molecule has 1 aliphatic rings. The maximum Gasteiger partial charge on any atom is 0.291 e. The Hall–Kier alpha value is -3.77. The van der Waals surface area contributed by atoms with E-state index >= 15 is 0 Å². The summed E-state index contributed by atoms with van der Waals surface area (Å²) in [6.07, 6.45) is 0.901. The zero-order chi connectivity index (χ0) is 25.4. The number of hydrogen-bond acceptors (Lipinski definition) is 5. The highest BCUT2D eigenvalue weighted by Crippen LogP contribution is 2.40. The summed E-state index contributed by atoms with van der Waals surface area (Å²) in [5.74, 6) is 1.20. The summed E-state index contributed by atoms with van der Waals surface area (Å²) >= 11 is 6.33. The number of methoxy groups -OCH3 is 1. The van der Waals surface area contributed by atoms with Gasteiger partial charge in [0, 0.05) is 11.6 Å². The van der Waals surface area contributed by atoms with Gasteiger partial charge in [0.05, 0.1) is 30.7 Å². The predicted molar refractivity (Wildman–Crippen MR) is 139 cm³/mol. The monoisotopic (exact) mass is 503 g/mol. The van der Waals surface area contributed by atoms with Crippen LogP contribution in [0.1, 0.15) is 52.2 Å². The molecule has 6 nitrogen and oxygen atoms in total. The summed E-state index contributed by atoms with van der Waals surface area (Å²) in [4.78, 5) is 29.1. The van der Waals surface area contributed by atoms with E-state index in [1.165, 1.54) is 0 Å². The van der Waals surface area contributed by atoms with Crippen LogP contribution in [0.3, 0.4) is 0 Å². The van der Waals surface area contributed by atoms with Crippen molar-refractivity contribution >= 4 is 28.5 Å². The quantitative estimate of drug-likeness (QED) is 0.296. The number of nitrogens with zero attached hydrogens (tertiary/aromatic N) is 1. The minimum absolute atomic E-state index is 0.0686. The highest BCUT2D eigenvalue weighted by atomic mass is 35.5. The molecule has 0 bridgehead atoms. The van der Waals surface area contributed by atoms with Crippen molar-refractivity contribution in [1.82, 2.24) is 4.90 Å². The molecule has 7 heteroatoms. The largest absolute Gasteiger partial charge is 0.497 e. The van der Waals surface area contributed by atoms with Gasteiger partial charge in [-0.3, -0.25) is 9.59 Å². The molecule has 1 aromatic heterocycles. The number of halogens is 1. The second-order valence-electron chi connectivity index (χ2n) is 8.87. The fraction of sp³-hybridized carbons (Fsp3) is 0.241. The lowest BCUT2D eigenvalue weighted by Gasteiger charge is -2.25. The number of fused-ring (bicyclic) bond motifs is 2. The fourth-order valence-corrected chi connectivity index (χ4v) is 4.71. The Labute approximate surface area is 214 Å². The molecule has 2 heterocycles. The van der Waals surface area contributed by atoms with Gasteiger partial charge in [-0.1, -0.05) is 42.8 Å². The smallest absolute Gasteiger partial charge is 0.291 e. The van der Waals surface area contributed by atoms with Crippen LogP contribution in [0.4, 0.5) is 0 Å². The van der Waals surface area contributed by atoms with Crippen LogP contribution >= 0.6 is 11.6 Å². The number of ether oxygens (including phenoxy) is 2. The van der Waals surface area contributed by atoms with E-state index in [0.717, 1.165) is 34.6 Å². The summed E-state index contributed by atoms with van der Waals surface area (Å²) in [5.41, 5.74) is 2.89. The third-order valence-corrected chi connectivity index (χ3v) is 6.83. The Morgan fingerprint density at radius 2 is 1.69 bits per heavy atom. The maximum atomic E-state index is 13.8. The minimum atomic E-state index is -0.615. The number of carbonyl (C=O) groups excluding carboxylic acids is 1. The second-order valence-corrected chi connectivity index (χ2v) is 9.28. The van der Waals surface area contributed by atoms with Crippen LogP contribution in [0.25, 0.3) is 11.0 Å². The Balaban J connectivity index is 1.64. The Bertz CT molecular complexity index is 1490. The van der Waals surface area contributed by atoms with Crippen LogP contribution in [-0.4, -0.2) is 24.5 Å². The van der Waals surface area contributed by atoms with E-state index in [9.17, 15) is 9.59 Å². The van der Waals surface area contributed by atoms with Crippen molar-refractivity contribution in [3.05, 3.63) is 104 Å². The molecule has 0 saturated heterocycles. The van der Waals surface area contributed by atoms with Crippen LogP contribution in [0.2, 0.25) is 5.02 Å². The molecule has 184 valence electrons. The summed E-state index contributed by atoms with van der Waals surface area (Å²) in [7, 11) is 1.61. The van der Waals surface area contributed by atoms with E-state index in [4.69, 9.17) is 25.5 Å². The van der Waals surface area contributed by atoms with Crippen molar-refractivity contribution in [3.63, 3.8) is 0 Å². The Morgan fingerprint density at radius 3 is 2.36 bits per heavy atom. The molecular formula is C29H26ClNO5. The van der Waals surface area contributed by atoms with Gasteiger partial charge in [0.25, 0.3) is 5.91 Å². The maximum absolute atomic E-state index is 13.8. The van der Waals surface area contributed by atoms with Gasteiger partial charge in [-0.15, -0.1) is 0 Å². The van der Waals surface area contributed by atoms with Crippen molar-refractivity contribution < 1.29 is 18.7 Å². The summed E-state index contributed by atoms with van der Waals surface area (Å²) in [6.45, 7) is 4.78. The first-order valence-corrected chi connectivity index (χ1v) is 12.2. The van der Waals surface area contributed by atoms with Gasteiger partial charge in [0.1, 0.15) is 17.1 Å². The van der Waals surface area contributed by atoms with Crippen molar-refractivity contribution in [2.75, 3.05) is 13.7 Å². The van der Waals surface area contributed by atoms with Gasteiger partial charge in [-0.25, -0.2) is 0 Å². The van der Waals surface area contributed by atoms with Crippen molar-refractivity contribution in [1.29, 1.82) is 0 Å². The molecule has 36 heavy (non-hydrogen) atoms. The molecule has 0 N–H and O–H groups in total. The number of aryl methyl sites for hydroxylation is 1. The van der Waals surface area contributed by atoms with Gasteiger partial charge in [-0.2, -0.15) is 0 Å². The van der Waals surface area contributed by atoms with E-state index in [-0.39, 0.29) is 17.1 Å². The number of rotatable bonds is 7. The number of carbonyl (C=O) groups is 1. The highest BCUT2D eigenvalue weighted by Gasteiger charge is 2.42. The zero-order valence-corrected chi connectivity index (χ0v) is 21.1. The average molecular weight is 504 g/mol. The normalized spacial score (nSPS) is 14.8. The third-order valence-electron chi connectivity index (χ3n) is 6.43. The van der Waals surface area contributed by atoms with E-state index in [2.05, 4.69) is 0 Å². The summed E-state index contributed by atoms with van der Waals surface area (Å²) < 4.78 is 17.1. The zero-order valence-electron chi connectivity index (χ0n) is 20.3. The van der Waals surface area contributed by atoms with Crippen LogP contribution in [-0.2, 0) is 6.54 Å². The Morgan fingerprint density at radius 1 is 1.00 bits per heavy atom. The van der Waals surface area contributed by atoms with E-state index in [1.807, 2.05) is 62.4 Å². The molecule has 1 unspecified atom stereocenters. The third kappa shape index (κ3) is 4.22. The lowest BCUT2D eigenvalue weighted by Crippen LogP contribution is -2.29. The number of hydrogen-bond donors (Lipinski definition) is 0. The highest BCUT2D eigenvalue weighted by molar-refractivity contribution is 6.32. The first-order valence-electron chi connectivity index (χ1n) is 11.8. The average Bonchev–Trinajstić information content (AvgIpc) is 3.16. The SMILES string of the molecule is CCCOc1ccc(C2c3c(oc4cc(C)c(Cl)cc4c3=O)C(=O)N2Cc2ccc(OC)cc2)cc1. The molecule has 4 aromatic rings. The van der Waals surface area contributed by atoms with Crippen molar-refractivity contribution in [2.24, 2.45) is 0 Å². The van der Waals surface area contributed by atoms with Crippen LogP contribution in [0.5, 0.6) is 11.5 Å². The van der Waals surface area contributed by atoms with Crippen molar-refractivity contribution in [3.8, 4) is 11.5 Å². The van der Waals surface area contributed by atoms with Crippen LogP contribution in [0, 0.1) is 6.92 Å². The lowest BCUT2D eigenvalue weighted by atomic mass is 9.98. The van der Waals surface area contributed by atoms with E-state index < -0.39 is 6.04 Å². The molecule has 1 amide bonds. The molecule has 5 rings (SSSR count). The lowest BCUT2D eigenvalue weighted by molar-refractivity contribution is 0.0714. The predicted octanol–water partition coefficient (Wildman–Crippen LogP) is 6.30. The molecule has 0 spiro atoms. The molecular weight excluding hydrogens is 478 g/mol. The second kappa shape index (κ2) is 9.70. The molecule has 3 aromatic carbocycles. The van der Waals surface area contributed by atoms with Gasteiger partial charge in [0.2, 0.25) is 5.76 Å². The summed E-state index contributed by atoms with van der Waals surface area (Å²) in [5, 5.41) is 0.833. The van der Waals surface area contributed by atoms with Gasteiger partial charge in [0.15, 0.2) is 5.43 Å². The number of amides is 1. The Kier molecular flexibility index (Phi) is 6.46. The van der Waals surface area contributed by atoms with Crippen molar-refractivity contribution in [2.45, 2.75) is 32.9 Å². The van der Waals surface area contributed by atoms with Gasteiger partial charge < -0.3 is 18.8 Å². The standard InChI is InChI=1S/C29H26ClNO5/c1-4-13-35-21-11-7-19(8-12-21)26-25-27(32)22-15-23(30)17(2)14-24(22)36-28(25)29(33)31(26)16-18-5-9-20(34-3)10-6-18/h5-12,14-15,26H,4,13,16H2,1-3H3. The molecule has 0 saturated carbocycles.